The van der Waals surface area contributed by atoms with Crippen molar-refractivity contribution in [2.75, 3.05) is 7.05 Å². The van der Waals surface area contributed by atoms with E-state index in [0.717, 1.165) is 14.9 Å². The van der Waals surface area contributed by atoms with Crippen molar-refractivity contribution in [1.82, 2.24) is 4.90 Å². The third-order valence-electron chi connectivity index (χ3n) is 2.39. The van der Waals surface area contributed by atoms with E-state index in [9.17, 15) is 4.79 Å². The van der Waals surface area contributed by atoms with Crippen molar-refractivity contribution in [3.05, 3.63) is 56.7 Å². The Morgan fingerprint density at radius 3 is 2.82 bits per heavy atom. The highest BCUT2D eigenvalue weighted by Crippen LogP contribution is 2.16. The van der Waals surface area contributed by atoms with Gasteiger partial charge in [-0.15, -0.1) is 11.3 Å². The molecular formula is C13H12BrNOS. The molecule has 0 saturated heterocycles. The summed E-state index contributed by atoms with van der Waals surface area (Å²) in [6.45, 7) is 0.621. The lowest BCUT2D eigenvalue weighted by molar-refractivity contribution is 0.0790. The number of hydrogen-bond acceptors (Lipinski definition) is 2. The zero-order valence-electron chi connectivity index (χ0n) is 9.39. The molecule has 1 amide bonds. The first-order chi connectivity index (χ1) is 8.16. The van der Waals surface area contributed by atoms with Crippen LogP contribution in [0, 0.1) is 0 Å². The summed E-state index contributed by atoms with van der Waals surface area (Å²) in [6, 6.07) is 11.7. The minimum absolute atomic E-state index is 0.0694. The van der Waals surface area contributed by atoms with E-state index in [1.165, 1.54) is 11.3 Å². The van der Waals surface area contributed by atoms with Gasteiger partial charge in [-0.25, -0.2) is 0 Å². The average Bonchev–Trinajstić information content (AvgIpc) is 2.81. The molecule has 0 unspecified atom stereocenters. The van der Waals surface area contributed by atoms with Crippen LogP contribution in [0.1, 0.15) is 15.2 Å². The Labute approximate surface area is 113 Å². The number of halogens is 1. The van der Waals surface area contributed by atoms with E-state index in [1.807, 2.05) is 48.8 Å². The number of benzene rings is 1. The van der Waals surface area contributed by atoms with Crippen molar-refractivity contribution in [1.29, 1.82) is 0 Å². The molecule has 0 atom stereocenters. The smallest absolute Gasteiger partial charge is 0.263 e. The fourth-order valence-corrected chi connectivity index (χ4v) is 2.73. The summed E-state index contributed by atoms with van der Waals surface area (Å²) in [5, 5.41) is 1.92. The number of thiophene rings is 1. The monoisotopic (exact) mass is 309 g/mol. The average molecular weight is 310 g/mol. The topological polar surface area (TPSA) is 20.3 Å². The van der Waals surface area contributed by atoms with E-state index < -0.39 is 0 Å². The molecule has 0 saturated carbocycles. The Kier molecular flexibility index (Phi) is 3.97. The van der Waals surface area contributed by atoms with Gasteiger partial charge in [0.2, 0.25) is 0 Å². The number of carbonyl (C=O) groups is 1. The van der Waals surface area contributed by atoms with Gasteiger partial charge in [-0.2, -0.15) is 0 Å². The summed E-state index contributed by atoms with van der Waals surface area (Å²) >= 11 is 4.90. The van der Waals surface area contributed by atoms with E-state index >= 15 is 0 Å². The molecule has 0 N–H and O–H groups in total. The number of hydrogen-bond donors (Lipinski definition) is 0. The van der Waals surface area contributed by atoms with Gasteiger partial charge < -0.3 is 4.90 Å². The van der Waals surface area contributed by atoms with Crippen LogP contribution in [0.5, 0.6) is 0 Å². The van der Waals surface area contributed by atoms with Gasteiger partial charge in [0.05, 0.1) is 4.88 Å². The maximum atomic E-state index is 12.0. The first-order valence-electron chi connectivity index (χ1n) is 5.20. The van der Waals surface area contributed by atoms with Gasteiger partial charge in [-0.1, -0.05) is 34.1 Å². The molecule has 0 spiro atoms. The lowest BCUT2D eigenvalue weighted by Crippen LogP contribution is -2.25. The highest BCUT2D eigenvalue weighted by atomic mass is 79.9. The highest BCUT2D eigenvalue weighted by molar-refractivity contribution is 9.10. The minimum atomic E-state index is 0.0694. The van der Waals surface area contributed by atoms with Crippen LogP contribution in [0.4, 0.5) is 0 Å². The predicted octanol–water partition coefficient (Wildman–Crippen LogP) is 3.78. The number of carbonyl (C=O) groups excluding carboxylic acids is 1. The molecule has 0 radical (unpaired) electrons. The Balaban J connectivity index is 2.07. The van der Waals surface area contributed by atoms with Crippen LogP contribution in [-0.4, -0.2) is 17.9 Å². The fraction of sp³-hybridized carbons (Fsp3) is 0.154. The lowest BCUT2D eigenvalue weighted by atomic mass is 10.2. The maximum absolute atomic E-state index is 12.0. The summed E-state index contributed by atoms with van der Waals surface area (Å²) in [7, 11) is 1.82. The second-order valence-corrected chi connectivity index (χ2v) is 5.63. The third-order valence-corrected chi connectivity index (χ3v) is 3.74. The molecule has 0 aliphatic rings. The largest absolute Gasteiger partial charge is 0.337 e. The molecule has 2 nitrogen and oxygen atoms in total. The van der Waals surface area contributed by atoms with E-state index in [2.05, 4.69) is 15.9 Å². The van der Waals surface area contributed by atoms with Crippen molar-refractivity contribution in [3.8, 4) is 0 Å². The first kappa shape index (κ1) is 12.3. The molecule has 2 aromatic rings. The van der Waals surface area contributed by atoms with E-state index in [4.69, 9.17) is 0 Å². The van der Waals surface area contributed by atoms with Crippen molar-refractivity contribution in [2.45, 2.75) is 6.54 Å². The quantitative estimate of drug-likeness (QED) is 0.845. The summed E-state index contributed by atoms with van der Waals surface area (Å²) in [5.74, 6) is 0.0694. The Hall–Kier alpha value is -1.13. The summed E-state index contributed by atoms with van der Waals surface area (Å²) < 4.78 is 1.03. The molecule has 17 heavy (non-hydrogen) atoms. The molecule has 1 heterocycles. The molecule has 4 heteroatoms. The SMILES string of the molecule is CN(Cc1cccc(Br)c1)C(=O)c1cccs1. The molecule has 0 bridgehead atoms. The lowest BCUT2D eigenvalue weighted by Gasteiger charge is -2.16. The van der Waals surface area contributed by atoms with Crippen molar-refractivity contribution in [2.24, 2.45) is 0 Å². The van der Waals surface area contributed by atoms with Gasteiger partial charge in [-0.3, -0.25) is 4.79 Å². The fourth-order valence-electron chi connectivity index (χ4n) is 1.57. The molecule has 1 aromatic carbocycles. The van der Waals surface area contributed by atoms with Crippen LogP contribution in [0.3, 0.4) is 0 Å². The zero-order chi connectivity index (χ0) is 12.3. The van der Waals surface area contributed by atoms with Crippen LogP contribution in [-0.2, 0) is 6.54 Å². The Morgan fingerprint density at radius 1 is 1.35 bits per heavy atom. The van der Waals surface area contributed by atoms with Crippen molar-refractivity contribution in [3.63, 3.8) is 0 Å². The molecule has 1 aromatic heterocycles. The minimum Gasteiger partial charge on any atom is -0.337 e. The number of nitrogens with zero attached hydrogens (tertiary/aromatic N) is 1. The van der Waals surface area contributed by atoms with Gasteiger partial charge in [-0.05, 0) is 29.1 Å². The zero-order valence-corrected chi connectivity index (χ0v) is 11.8. The second kappa shape index (κ2) is 5.47. The number of amides is 1. The molecule has 0 aliphatic carbocycles. The van der Waals surface area contributed by atoms with Gasteiger partial charge >= 0.3 is 0 Å². The van der Waals surface area contributed by atoms with Gasteiger partial charge in [0.15, 0.2) is 0 Å². The Morgan fingerprint density at radius 2 is 2.18 bits per heavy atom. The molecule has 0 fully saturated rings. The predicted molar refractivity (Wildman–Crippen MR) is 74.3 cm³/mol. The molecule has 2 rings (SSSR count). The molecule has 88 valence electrons. The van der Waals surface area contributed by atoms with Crippen molar-refractivity contribution >= 4 is 33.2 Å². The third kappa shape index (κ3) is 3.17. The summed E-state index contributed by atoms with van der Waals surface area (Å²) in [4.78, 5) is 14.5. The van der Waals surface area contributed by atoms with Gasteiger partial charge in [0.1, 0.15) is 0 Å². The number of rotatable bonds is 3. The van der Waals surface area contributed by atoms with E-state index in [0.29, 0.717) is 6.54 Å². The Bertz CT molecular complexity index is 510. The van der Waals surface area contributed by atoms with E-state index in [-0.39, 0.29) is 5.91 Å². The summed E-state index contributed by atoms with van der Waals surface area (Å²) in [5.41, 5.74) is 1.12. The second-order valence-electron chi connectivity index (χ2n) is 3.77. The van der Waals surface area contributed by atoms with Crippen LogP contribution >= 0.6 is 27.3 Å². The van der Waals surface area contributed by atoms with Crippen LogP contribution in [0.15, 0.2) is 46.3 Å². The van der Waals surface area contributed by atoms with Crippen LogP contribution in [0.2, 0.25) is 0 Å². The van der Waals surface area contributed by atoms with Crippen molar-refractivity contribution < 1.29 is 4.79 Å². The highest BCUT2D eigenvalue weighted by Gasteiger charge is 2.12. The standard InChI is InChI=1S/C13H12BrNOS/c1-15(13(16)12-6-3-7-17-12)9-10-4-2-5-11(14)8-10/h2-8H,9H2,1H3. The van der Waals surface area contributed by atoms with Crippen LogP contribution < -0.4 is 0 Å². The van der Waals surface area contributed by atoms with E-state index in [1.54, 1.807) is 4.90 Å². The van der Waals surface area contributed by atoms with Gasteiger partial charge in [0, 0.05) is 18.1 Å². The normalized spacial score (nSPS) is 10.2. The first-order valence-corrected chi connectivity index (χ1v) is 6.87. The molecule has 0 aliphatic heterocycles. The molecular weight excluding hydrogens is 298 g/mol. The van der Waals surface area contributed by atoms with Gasteiger partial charge in [0.25, 0.3) is 5.91 Å². The summed E-state index contributed by atoms with van der Waals surface area (Å²) in [6.07, 6.45) is 0. The maximum Gasteiger partial charge on any atom is 0.263 e. The van der Waals surface area contributed by atoms with Crippen LogP contribution in [0.25, 0.3) is 0 Å².